The minimum absolute atomic E-state index is 0.240. The van der Waals surface area contributed by atoms with Gasteiger partial charge in [0.2, 0.25) is 11.8 Å². The van der Waals surface area contributed by atoms with Gasteiger partial charge in [-0.2, -0.15) is 0 Å². The third-order valence-electron chi connectivity index (χ3n) is 4.70. The first-order valence-corrected chi connectivity index (χ1v) is 11.4. The van der Waals surface area contributed by atoms with Crippen molar-refractivity contribution in [2.24, 2.45) is 0 Å². The van der Waals surface area contributed by atoms with E-state index in [0.29, 0.717) is 23.6 Å². The Morgan fingerprint density at radius 1 is 1.03 bits per heavy atom. The number of amides is 2. The number of carbonyl (C=O) groups excluding carboxylic acids is 2. The number of ether oxygens (including phenoxy) is 2. The van der Waals surface area contributed by atoms with E-state index in [1.165, 1.54) is 14.0 Å². The van der Waals surface area contributed by atoms with Crippen molar-refractivity contribution in [3.05, 3.63) is 53.6 Å². The minimum Gasteiger partial charge on any atom is -0.493 e. The first-order valence-electron chi connectivity index (χ1n) is 9.73. The van der Waals surface area contributed by atoms with Crippen molar-refractivity contribution >= 4 is 27.3 Å². The molecule has 0 bridgehead atoms. The summed E-state index contributed by atoms with van der Waals surface area (Å²) >= 11 is 0. The van der Waals surface area contributed by atoms with Crippen LogP contribution in [-0.4, -0.2) is 52.0 Å². The third kappa shape index (κ3) is 6.99. The summed E-state index contributed by atoms with van der Waals surface area (Å²) in [5.74, 6) is -0.939. The maximum atomic E-state index is 12.5. The van der Waals surface area contributed by atoms with E-state index in [1.807, 2.05) is 19.1 Å². The van der Waals surface area contributed by atoms with E-state index >= 15 is 0 Å². The Hall–Kier alpha value is -3.07. The summed E-state index contributed by atoms with van der Waals surface area (Å²) in [5, 5.41) is 3.81. The van der Waals surface area contributed by atoms with E-state index < -0.39 is 32.7 Å². The van der Waals surface area contributed by atoms with Crippen molar-refractivity contribution in [2.45, 2.75) is 25.5 Å². The predicted molar refractivity (Wildman–Crippen MR) is 119 cm³/mol. The Labute approximate surface area is 182 Å². The molecule has 168 valence electrons. The molecule has 0 aromatic heterocycles. The molecule has 1 atom stereocenters. The molecule has 2 rings (SSSR count). The number of hydrogen-bond acceptors (Lipinski definition) is 6. The van der Waals surface area contributed by atoms with Gasteiger partial charge in [-0.25, -0.2) is 8.42 Å². The van der Waals surface area contributed by atoms with E-state index in [9.17, 15) is 18.0 Å². The van der Waals surface area contributed by atoms with Crippen LogP contribution in [0.25, 0.3) is 0 Å². The molecule has 31 heavy (non-hydrogen) atoms. The lowest BCUT2D eigenvalue weighted by molar-refractivity contribution is -0.120. The fraction of sp³-hybridized carbons (Fsp3) is 0.364. The maximum Gasteiger partial charge on any atom is 0.239 e. The van der Waals surface area contributed by atoms with E-state index in [0.717, 1.165) is 11.1 Å². The van der Waals surface area contributed by atoms with E-state index in [-0.39, 0.29) is 6.54 Å². The van der Waals surface area contributed by atoms with Gasteiger partial charge in [0.25, 0.3) is 0 Å². The van der Waals surface area contributed by atoms with Gasteiger partial charge in [0, 0.05) is 12.2 Å². The second kappa shape index (κ2) is 10.8. The monoisotopic (exact) mass is 448 g/mol. The number of methoxy groups -OCH3 is 2. The first kappa shape index (κ1) is 24.2. The van der Waals surface area contributed by atoms with Gasteiger partial charge in [0.1, 0.15) is 11.0 Å². The molecule has 0 aliphatic heterocycles. The fourth-order valence-electron chi connectivity index (χ4n) is 2.90. The maximum absolute atomic E-state index is 12.5. The normalized spacial score (nSPS) is 12.0. The molecule has 0 saturated heterocycles. The summed E-state index contributed by atoms with van der Waals surface area (Å²) < 4.78 is 35.4. The number of carbonyl (C=O) groups is 2. The lowest BCUT2D eigenvalue weighted by atomic mass is 10.1. The highest BCUT2D eigenvalue weighted by atomic mass is 32.2. The number of aryl methyl sites for hydroxylation is 1. The molecule has 2 aromatic carbocycles. The van der Waals surface area contributed by atoms with Gasteiger partial charge in [-0.05, 0) is 55.7 Å². The molecule has 1 unspecified atom stereocenters. The first-order chi connectivity index (χ1) is 14.7. The molecule has 0 fully saturated rings. The highest BCUT2D eigenvalue weighted by Gasteiger charge is 2.30. The summed E-state index contributed by atoms with van der Waals surface area (Å²) in [6.07, 6.45) is 0.479. The van der Waals surface area contributed by atoms with Crippen molar-refractivity contribution in [1.29, 1.82) is 0 Å². The zero-order valence-electron chi connectivity index (χ0n) is 18.1. The summed E-state index contributed by atoms with van der Waals surface area (Å²) in [5.41, 5.74) is 2.33. The Morgan fingerprint density at radius 2 is 1.74 bits per heavy atom. The molecule has 0 spiro atoms. The zero-order chi connectivity index (χ0) is 23.0. The van der Waals surface area contributed by atoms with Crippen LogP contribution in [-0.2, 0) is 25.8 Å². The summed E-state index contributed by atoms with van der Waals surface area (Å²) in [7, 11) is -0.889. The Morgan fingerprint density at radius 3 is 2.39 bits per heavy atom. The minimum atomic E-state index is -3.96. The van der Waals surface area contributed by atoms with Crippen molar-refractivity contribution in [2.75, 3.05) is 31.8 Å². The SMILES string of the molecule is COc1ccc(CCNC(=O)C(C)S(=O)(=O)CC(=O)Nc2cccc(C)c2)cc1OC. The van der Waals surface area contributed by atoms with Crippen LogP contribution in [0.3, 0.4) is 0 Å². The van der Waals surface area contributed by atoms with Crippen LogP contribution in [0, 0.1) is 6.92 Å². The quantitative estimate of drug-likeness (QED) is 0.576. The molecule has 9 heteroatoms. The predicted octanol–water partition coefficient (Wildman–Crippen LogP) is 2.11. The van der Waals surface area contributed by atoms with Crippen LogP contribution < -0.4 is 20.1 Å². The van der Waals surface area contributed by atoms with Crippen LogP contribution in [0.5, 0.6) is 11.5 Å². The Balaban J connectivity index is 1.88. The van der Waals surface area contributed by atoms with Crippen LogP contribution >= 0.6 is 0 Å². The van der Waals surface area contributed by atoms with Crippen LogP contribution in [0.15, 0.2) is 42.5 Å². The average Bonchev–Trinajstić information content (AvgIpc) is 2.72. The second-order valence-electron chi connectivity index (χ2n) is 7.10. The van der Waals surface area contributed by atoms with Crippen molar-refractivity contribution in [3.8, 4) is 11.5 Å². The lowest BCUT2D eigenvalue weighted by Crippen LogP contribution is -2.41. The third-order valence-corrected chi connectivity index (χ3v) is 6.66. The number of sulfone groups is 1. The van der Waals surface area contributed by atoms with Gasteiger partial charge in [0.05, 0.1) is 14.2 Å². The van der Waals surface area contributed by atoms with Crippen molar-refractivity contribution in [1.82, 2.24) is 5.32 Å². The molecule has 0 saturated carbocycles. The zero-order valence-corrected chi connectivity index (χ0v) is 18.9. The molecule has 0 heterocycles. The van der Waals surface area contributed by atoms with E-state index in [4.69, 9.17) is 9.47 Å². The van der Waals surface area contributed by atoms with Crippen LogP contribution in [0.2, 0.25) is 0 Å². The molecule has 8 nitrogen and oxygen atoms in total. The molecule has 0 radical (unpaired) electrons. The van der Waals surface area contributed by atoms with Gasteiger partial charge in [0.15, 0.2) is 21.3 Å². The lowest BCUT2D eigenvalue weighted by Gasteiger charge is -2.14. The van der Waals surface area contributed by atoms with Gasteiger partial charge >= 0.3 is 0 Å². The number of benzene rings is 2. The summed E-state index contributed by atoms with van der Waals surface area (Å²) in [4.78, 5) is 24.5. The molecular weight excluding hydrogens is 420 g/mol. The topological polar surface area (TPSA) is 111 Å². The number of hydrogen-bond donors (Lipinski definition) is 2. The van der Waals surface area contributed by atoms with Crippen molar-refractivity contribution < 1.29 is 27.5 Å². The van der Waals surface area contributed by atoms with E-state index in [1.54, 1.807) is 37.4 Å². The Kier molecular flexibility index (Phi) is 8.44. The largest absolute Gasteiger partial charge is 0.493 e. The smallest absolute Gasteiger partial charge is 0.239 e. The number of nitrogens with one attached hydrogen (secondary N) is 2. The standard InChI is InChI=1S/C22H28N2O6S/c1-15-6-5-7-18(12-15)24-21(25)14-31(27,28)16(2)22(26)23-11-10-17-8-9-19(29-3)20(13-17)30-4/h5-9,12-13,16H,10-11,14H2,1-4H3,(H,23,26)(H,24,25). The number of anilines is 1. The van der Waals surface area contributed by atoms with Crippen LogP contribution in [0.1, 0.15) is 18.1 Å². The Bertz CT molecular complexity index is 1040. The summed E-state index contributed by atoms with van der Waals surface area (Å²) in [6.45, 7) is 3.38. The highest BCUT2D eigenvalue weighted by molar-refractivity contribution is 7.93. The molecule has 2 aromatic rings. The average molecular weight is 449 g/mol. The fourth-order valence-corrected chi connectivity index (χ4v) is 4.00. The molecule has 0 aliphatic rings. The van der Waals surface area contributed by atoms with Gasteiger partial charge in [-0.1, -0.05) is 18.2 Å². The van der Waals surface area contributed by atoms with Crippen LogP contribution in [0.4, 0.5) is 5.69 Å². The van der Waals surface area contributed by atoms with Crippen molar-refractivity contribution in [3.63, 3.8) is 0 Å². The summed E-state index contributed by atoms with van der Waals surface area (Å²) in [6, 6.07) is 12.4. The molecular formula is C22H28N2O6S. The molecule has 2 amide bonds. The second-order valence-corrected chi connectivity index (χ2v) is 9.42. The van der Waals surface area contributed by atoms with Gasteiger partial charge < -0.3 is 20.1 Å². The molecule has 2 N–H and O–H groups in total. The molecule has 0 aliphatic carbocycles. The number of rotatable bonds is 10. The van der Waals surface area contributed by atoms with E-state index in [2.05, 4.69) is 10.6 Å². The highest BCUT2D eigenvalue weighted by Crippen LogP contribution is 2.27. The van der Waals surface area contributed by atoms with Gasteiger partial charge in [-0.15, -0.1) is 0 Å². The van der Waals surface area contributed by atoms with Gasteiger partial charge in [-0.3, -0.25) is 9.59 Å².